The van der Waals surface area contributed by atoms with Crippen molar-refractivity contribution in [2.75, 3.05) is 13.2 Å². The maximum absolute atomic E-state index is 13.3. The minimum atomic E-state index is -1.04. The van der Waals surface area contributed by atoms with E-state index in [9.17, 15) is 14.7 Å². The summed E-state index contributed by atoms with van der Waals surface area (Å²) in [5.41, 5.74) is 5.18. The van der Waals surface area contributed by atoms with Crippen molar-refractivity contribution in [3.8, 4) is 21.6 Å². The molecular formula is C34H37NO5S. The van der Waals surface area contributed by atoms with Gasteiger partial charge >= 0.3 is 5.97 Å². The second-order valence-corrected chi connectivity index (χ2v) is 11.0. The summed E-state index contributed by atoms with van der Waals surface area (Å²) in [7, 11) is 0. The van der Waals surface area contributed by atoms with Crippen LogP contribution in [0.25, 0.3) is 21.6 Å². The topological polar surface area (TPSA) is 84.9 Å². The van der Waals surface area contributed by atoms with Gasteiger partial charge in [0.2, 0.25) is 0 Å². The average Bonchev–Trinajstić information content (AvgIpc) is 3.48. The van der Waals surface area contributed by atoms with Crippen LogP contribution in [0.3, 0.4) is 0 Å². The molecule has 7 heteroatoms. The summed E-state index contributed by atoms with van der Waals surface area (Å²) >= 11 is 1.69. The molecule has 2 unspecified atom stereocenters. The van der Waals surface area contributed by atoms with Crippen molar-refractivity contribution in [1.29, 1.82) is 0 Å². The molecule has 2 atom stereocenters. The zero-order chi connectivity index (χ0) is 29.2. The fraction of sp³-hybridized carbons (Fsp3) is 0.294. The second-order valence-electron chi connectivity index (χ2n) is 9.87. The van der Waals surface area contributed by atoms with Crippen LogP contribution in [0.5, 0.6) is 0 Å². The molecule has 214 valence electrons. The third kappa shape index (κ3) is 7.91. The molecule has 3 aromatic carbocycles. The first-order valence-electron chi connectivity index (χ1n) is 14.0. The number of amides is 1. The largest absolute Gasteiger partial charge is 0.480 e. The number of aryl methyl sites for hydroxylation is 1. The van der Waals surface area contributed by atoms with Gasteiger partial charge in [-0.25, -0.2) is 4.79 Å². The van der Waals surface area contributed by atoms with E-state index in [0.717, 1.165) is 27.1 Å². The van der Waals surface area contributed by atoms with Crippen LogP contribution in [0.1, 0.15) is 59.2 Å². The molecule has 4 rings (SSSR count). The number of benzene rings is 3. The summed E-state index contributed by atoms with van der Waals surface area (Å²) < 4.78 is 12.2. The standard InChI is InChI=1S/C34H37NO5S/c1-4-11-29(34(37)38)35-33(36)27-17-16-24(20-28(27)26-15-10-9-12-23(26)3)21-40-30(22-39-5-2)32-19-18-31(41-32)25-13-7-6-8-14-25/h6-10,12-20,29-30H,4-5,11,21-22H2,1-3H3,(H,35,36)(H,37,38). The maximum atomic E-state index is 13.3. The molecule has 0 spiro atoms. The molecule has 0 radical (unpaired) electrons. The Hall–Kier alpha value is -3.78. The summed E-state index contributed by atoms with van der Waals surface area (Å²) in [4.78, 5) is 27.3. The molecule has 4 aromatic rings. The first-order chi connectivity index (χ1) is 19.9. The molecule has 0 saturated heterocycles. The summed E-state index contributed by atoms with van der Waals surface area (Å²) in [6, 6.07) is 27.0. The van der Waals surface area contributed by atoms with Crippen molar-refractivity contribution in [1.82, 2.24) is 5.32 Å². The summed E-state index contributed by atoms with van der Waals surface area (Å²) in [6.07, 6.45) is 0.772. The molecule has 0 saturated carbocycles. The van der Waals surface area contributed by atoms with Crippen LogP contribution in [-0.2, 0) is 20.9 Å². The lowest BCUT2D eigenvalue weighted by Gasteiger charge is -2.19. The van der Waals surface area contributed by atoms with Crippen molar-refractivity contribution in [3.05, 3.63) is 106 Å². The maximum Gasteiger partial charge on any atom is 0.326 e. The molecule has 0 aliphatic rings. The minimum absolute atomic E-state index is 0.243. The van der Waals surface area contributed by atoms with Gasteiger partial charge in [-0.05, 0) is 72.4 Å². The van der Waals surface area contributed by atoms with E-state index in [1.165, 1.54) is 10.4 Å². The SMILES string of the molecule is CCCC(NC(=O)c1ccc(COC(COCC)c2ccc(-c3ccccc3)s2)cc1-c1ccccc1C)C(=O)O. The lowest BCUT2D eigenvalue weighted by molar-refractivity contribution is -0.139. The number of hydrogen-bond acceptors (Lipinski definition) is 5. The first kappa shape index (κ1) is 30.2. The number of aliphatic carboxylic acids is 1. The zero-order valence-corrected chi connectivity index (χ0v) is 24.6. The Balaban J connectivity index is 1.60. The predicted octanol–water partition coefficient (Wildman–Crippen LogP) is 7.67. The van der Waals surface area contributed by atoms with Gasteiger partial charge in [-0.2, -0.15) is 0 Å². The molecule has 2 N–H and O–H groups in total. The molecule has 0 fully saturated rings. The van der Waals surface area contributed by atoms with E-state index >= 15 is 0 Å². The molecule has 0 aliphatic carbocycles. The number of nitrogens with one attached hydrogen (secondary N) is 1. The van der Waals surface area contributed by atoms with E-state index < -0.39 is 17.9 Å². The highest BCUT2D eigenvalue weighted by molar-refractivity contribution is 7.15. The molecule has 0 aliphatic heterocycles. The lowest BCUT2D eigenvalue weighted by atomic mass is 9.93. The lowest BCUT2D eigenvalue weighted by Crippen LogP contribution is -2.40. The highest BCUT2D eigenvalue weighted by Crippen LogP contribution is 2.34. The molecule has 1 heterocycles. The zero-order valence-electron chi connectivity index (χ0n) is 23.8. The number of carbonyl (C=O) groups excluding carboxylic acids is 1. The number of hydrogen-bond donors (Lipinski definition) is 2. The van der Waals surface area contributed by atoms with Crippen LogP contribution in [-0.4, -0.2) is 36.2 Å². The van der Waals surface area contributed by atoms with Gasteiger partial charge in [0.05, 0.1) is 13.2 Å². The van der Waals surface area contributed by atoms with Crippen molar-refractivity contribution >= 4 is 23.2 Å². The molecule has 1 amide bonds. The Morgan fingerprint density at radius 3 is 2.39 bits per heavy atom. The van der Waals surface area contributed by atoms with E-state index in [4.69, 9.17) is 9.47 Å². The van der Waals surface area contributed by atoms with E-state index in [2.05, 4.69) is 29.6 Å². The van der Waals surface area contributed by atoms with E-state index in [-0.39, 0.29) is 6.10 Å². The minimum Gasteiger partial charge on any atom is -0.480 e. The highest BCUT2D eigenvalue weighted by atomic mass is 32.1. The van der Waals surface area contributed by atoms with Crippen molar-refractivity contribution < 1.29 is 24.2 Å². The van der Waals surface area contributed by atoms with E-state index in [1.54, 1.807) is 17.4 Å². The first-order valence-corrected chi connectivity index (χ1v) is 14.8. The van der Waals surface area contributed by atoms with Crippen LogP contribution in [0.2, 0.25) is 0 Å². The summed E-state index contributed by atoms with van der Waals surface area (Å²) in [5.74, 6) is -1.44. The van der Waals surface area contributed by atoms with Crippen LogP contribution in [0.15, 0.2) is 84.9 Å². The molecule has 0 bridgehead atoms. The molecule has 6 nitrogen and oxygen atoms in total. The molecule has 1 aromatic heterocycles. The van der Waals surface area contributed by atoms with Crippen LogP contribution >= 0.6 is 11.3 Å². The van der Waals surface area contributed by atoms with Gasteiger partial charge in [-0.3, -0.25) is 4.79 Å². The quantitative estimate of drug-likeness (QED) is 0.162. The monoisotopic (exact) mass is 571 g/mol. The Labute approximate surface area is 246 Å². The number of ether oxygens (including phenoxy) is 2. The van der Waals surface area contributed by atoms with Gasteiger partial charge in [0.15, 0.2) is 0 Å². The Kier molecular flexibility index (Phi) is 10.8. The smallest absolute Gasteiger partial charge is 0.326 e. The van der Waals surface area contributed by atoms with Crippen LogP contribution in [0, 0.1) is 6.92 Å². The van der Waals surface area contributed by atoms with Gasteiger partial charge in [-0.1, -0.05) is 74.0 Å². The van der Waals surface area contributed by atoms with Crippen LogP contribution in [0.4, 0.5) is 0 Å². The van der Waals surface area contributed by atoms with Crippen LogP contribution < -0.4 is 5.32 Å². The van der Waals surface area contributed by atoms with Crippen molar-refractivity contribution in [3.63, 3.8) is 0 Å². The fourth-order valence-corrected chi connectivity index (χ4v) is 5.72. The van der Waals surface area contributed by atoms with Crippen molar-refractivity contribution in [2.24, 2.45) is 0 Å². The summed E-state index contributed by atoms with van der Waals surface area (Å²) in [5, 5.41) is 12.3. The Bertz CT molecular complexity index is 1450. The third-order valence-corrected chi connectivity index (χ3v) is 8.10. The number of thiophene rings is 1. The number of rotatable bonds is 14. The third-order valence-electron chi connectivity index (χ3n) is 6.87. The van der Waals surface area contributed by atoms with Gasteiger partial charge < -0.3 is 19.9 Å². The summed E-state index contributed by atoms with van der Waals surface area (Å²) in [6.45, 7) is 7.21. The van der Waals surface area contributed by atoms with Gasteiger partial charge in [0.25, 0.3) is 5.91 Å². The van der Waals surface area contributed by atoms with Gasteiger partial charge in [-0.15, -0.1) is 11.3 Å². The predicted molar refractivity (Wildman–Crippen MR) is 164 cm³/mol. The van der Waals surface area contributed by atoms with E-state index in [1.807, 2.05) is 75.4 Å². The van der Waals surface area contributed by atoms with Gasteiger partial charge in [0.1, 0.15) is 12.1 Å². The Morgan fingerprint density at radius 1 is 0.927 bits per heavy atom. The normalized spacial score (nSPS) is 12.6. The second kappa shape index (κ2) is 14.7. The highest BCUT2D eigenvalue weighted by Gasteiger charge is 2.23. The molecule has 41 heavy (non-hydrogen) atoms. The van der Waals surface area contributed by atoms with E-state index in [0.29, 0.717) is 38.2 Å². The fourth-order valence-electron chi connectivity index (χ4n) is 4.68. The average molecular weight is 572 g/mol. The molecular weight excluding hydrogens is 534 g/mol. The Morgan fingerprint density at radius 2 is 1.68 bits per heavy atom. The van der Waals surface area contributed by atoms with Gasteiger partial charge in [0, 0.05) is 21.9 Å². The number of carboxylic acids is 1. The number of carbonyl (C=O) groups is 2. The number of carboxylic acid groups (broad SMARTS) is 1. The van der Waals surface area contributed by atoms with Crippen molar-refractivity contribution in [2.45, 2.75) is 52.4 Å².